The maximum absolute atomic E-state index is 3.67. The normalized spacial score (nSPS) is 11.8. The molecule has 0 atom stereocenters. The molecule has 252 valence electrons. The van der Waals surface area contributed by atoms with Crippen LogP contribution in [0.5, 0.6) is 0 Å². The van der Waals surface area contributed by atoms with Crippen molar-refractivity contribution in [3.05, 3.63) is 148 Å². The molecule has 0 saturated heterocycles. The van der Waals surface area contributed by atoms with Crippen molar-refractivity contribution in [2.24, 2.45) is 0 Å². The Bertz CT molecular complexity index is 1710. The minimum Gasteiger partial charge on any atom is -1.00 e. The maximum atomic E-state index is 3.67. The third kappa shape index (κ3) is 10.8. The first kappa shape index (κ1) is 41.7. The molecule has 0 aliphatic heterocycles. The predicted molar refractivity (Wildman–Crippen MR) is 198 cm³/mol. The molecule has 1 aliphatic carbocycles. The van der Waals surface area contributed by atoms with Crippen molar-refractivity contribution in [2.45, 2.75) is 98.8 Å². The van der Waals surface area contributed by atoms with Crippen LogP contribution in [0.4, 0.5) is 0 Å². The van der Waals surface area contributed by atoms with Crippen LogP contribution in [0.25, 0.3) is 22.3 Å². The molecule has 0 heterocycles. The van der Waals surface area contributed by atoms with Gasteiger partial charge in [0.25, 0.3) is 0 Å². The summed E-state index contributed by atoms with van der Waals surface area (Å²) in [4.78, 5) is 0. The molecule has 3 heteroatoms. The number of hydrogen-bond acceptors (Lipinski definition) is 0. The molecule has 0 aromatic heterocycles. The minimum atomic E-state index is 0. The van der Waals surface area contributed by atoms with E-state index in [2.05, 4.69) is 183 Å². The summed E-state index contributed by atoms with van der Waals surface area (Å²) in [5, 5.41) is 0. The van der Waals surface area contributed by atoms with Crippen LogP contribution in [0.1, 0.15) is 107 Å². The molecule has 0 bridgehead atoms. The van der Waals surface area contributed by atoms with Gasteiger partial charge in [0.2, 0.25) is 0 Å². The molecule has 0 unspecified atom stereocenters. The fraction of sp³-hybridized carbons (Fsp3) is 0.333. The molecule has 5 aromatic rings. The van der Waals surface area contributed by atoms with Crippen LogP contribution in [-0.2, 0) is 46.9 Å². The van der Waals surface area contributed by atoms with Gasteiger partial charge in [0.05, 0.1) is 0 Å². The largest absolute Gasteiger partial charge is 1.00 e. The molecule has 0 fully saturated rings. The van der Waals surface area contributed by atoms with Crippen LogP contribution in [-0.4, -0.2) is 3.71 Å². The van der Waals surface area contributed by atoms with Crippen molar-refractivity contribution in [3.8, 4) is 22.3 Å². The van der Waals surface area contributed by atoms with Gasteiger partial charge < -0.3 is 24.8 Å². The Kier molecular flexibility index (Phi) is 14.8. The van der Waals surface area contributed by atoms with Crippen LogP contribution >= 0.6 is 0 Å². The van der Waals surface area contributed by atoms with E-state index < -0.39 is 0 Å². The van der Waals surface area contributed by atoms with Crippen molar-refractivity contribution in [3.63, 3.8) is 0 Å². The number of fused-ring (bicyclic) bond motifs is 3. The Morgan fingerprint density at radius 1 is 0.625 bits per heavy atom. The SMILES string of the molecule is CC(C)(C)c1[c-]c2c(cc1)-c1ccc(C(C)(C)C)cc1C2.CC(C)(C)c1ccc([CH]=[Zr+2])cc1.Cc1cc(-c2ccccc2)c(C)[cH-]1.[Cl-].[Cl-]. The van der Waals surface area contributed by atoms with E-state index in [1.54, 1.807) is 0 Å². The average molecular weight is 755 g/mol. The monoisotopic (exact) mass is 752 g/mol. The molecule has 0 nitrogen and oxygen atoms in total. The van der Waals surface area contributed by atoms with Gasteiger partial charge in [-0.25, -0.2) is 6.07 Å². The number of aryl methyl sites for hydroxylation is 2. The van der Waals surface area contributed by atoms with E-state index in [9.17, 15) is 0 Å². The summed E-state index contributed by atoms with van der Waals surface area (Å²) in [6, 6.07) is 39.0. The second kappa shape index (κ2) is 17.0. The Morgan fingerprint density at radius 3 is 1.69 bits per heavy atom. The van der Waals surface area contributed by atoms with Gasteiger partial charge in [0, 0.05) is 0 Å². The fourth-order valence-corrected chi connectivity index (χ4v) is 6.31. The van der Waals surface area contributed by atoms with Gasteiger partial charge in [-0.15, -0.1) is 11.1 Å². The zero-order chi connectivity index (χ0) is 33.9. The quantitative estimate of drug-likeness (QED) is 0.190. The van der Waals surface area contributed by atoms with Crippen LogP contribution < -0.4 is 24.8 Å². The molecule has 5 aromatic carbocycles. The van der Waals surface area contributed by atoms with E-state index in [1.807, 2.05) is 0 Å². The van der Waals surface area contributed by atoms with Crippen molar-refractivity contribution in [1.29, 1.82) is 0 Å². The summed E-state index contributed by atoms with van der Waals surface area (Å²) in [5.74, 6) is 0. The third-order valence-electron chi connectivity index (χ3n) is 8.73. The van der Waals surface area contributed by atoms with E-state index in [0.717, 1.165) is 6.42 Å². The molecule has 0 N–H and O–H groups in total. The maximum Gasteiger partial charge on any atom is -0.0623 e. The Morgan fingerprint density at radius 2 is 1.19 bits per heavy atom. The fourth-order valence-electron chi connectivity index (χ4n) is 5.84. The van der Waals surface area contributed by atoms with Crippen molar-refractivity contribution in [1.82, 2.24) is 0 Å². The Balaban J connectivity index is 0.000000259. The first-order chi connectivity index (χ1) is 21.5. The van der Waals surface area contributed by atoms with Crippen LogP contribution in [0.15, 0.2) is 97.1 Å². The van der Waals surface area contributed by atoms with Crippen molar-refractivity contribution in [2.75, 3.05) is 0 Å². The molecular formula is C45H52Cl2Zr-2. The van der Waals surface area contributed by atoms with Gasteiger partial charge in [0.1, 0.15) is 0 Å². The second-order valence-corrected chi connectivity index (χ2v) is 16.5. The van der Waals surface area contributed by atoms with E-state index >= 15 is 0 Å². The van der Waals surface area contributed by atoms with E-state index in [4.69, 9.17) is 0 Å². The smallest absolute Gasteiger partial charge is 0.0623 e. The van der Waals surface area contributed by atoms with E-state index in [-0.39, 0.29) is 41.1 Å². The molecule has 1 aliphatic rings. The Hall–Kier alpha value is -2.44. The second-order valence-electron chi connectivity index (χ2n) is 15.8. The third-order valence-corrected chi connectivity index (χ3v) is 9.55. The summed E-state index contributed by atoms with van der Waals surface area (Å²) in [6.07, 6.45) is 1.03. The van der Waals surface area contributed by atoms with Gasteiger partial charge in [0.15, 0.2) is 0 Å². The van der Waals surface area contributed by atoms with Gasteiger partial charge in [-0.05, 0) is 28.4 Å². The van der Waals surface area contributed by atoms with Gasteiger partial charge >= 0.3 is 89.5 Å². The molecule has 48 heavy (non-hydrogen) atoms. The van der Waals surface area contributed by atoms with E-state index in [0.29, 0.717) is 0 Å². The van der Waals surface area contributed by atoms with E-state index in [1.165, 1.54) is 91.0 Å². The number of halogens is 2. The number of benzene rings is 4. The molecular weight excluding hydrogens is 703 g/mol. The van der Waals surface area contributed by atoms with Crippen molar-refractivity contribution < 1.29 is 49.0 Å². The topological polar surface area (TPSA) is 0 Å². The molecule has 6 rings (SSSR count). The summed E-state index contributed by atoms with van der Waals surface area (Å²) in [6.45, 7) is 24.6. The van der Waals surface area contributed by atoms with Gasteiger partial charge in [-0.2, -0.15) is 46.5 Å². The van der Waals surface area contributed by atoms with Crippen LogP contribution in [0.2, 0.25) is 0 Å². The van der Waals surface area contributed by atoms with Crippen molar-refractivity contribution >= 4 is 3.71 Å². The van der Waals surface area contributed by atoms with Gasteiger partial charge in [-0.1, -0.05) is 115 Å². The average Bonchev–Trinajstić information content (AvgIpc) is 3.54. The predicted octanol–water partition coefficient (Wildman–Crippen LogP) is 6.03. The standard InChI is InChI=1S/C21H25.C13H13.C11H14.2ClH.Zr/c1-20(2,3)16-7-9-18-14(12-16)11-15-13-17(21(4,5)6)8-10-19(15)18;1-10-8-11(2)13(9-10)12-6-4-3-5-7-12;1-9-5-7-10(8-6-9)11(2,3)4;;;/h7-10,12H,11H2,1-6H3;3-9H,1-2H3;1,5-8H,2-4H3;2*1H;/q2*-1;;;;+2/p-2. The minimum absolute atomic E-state index is 0. The zero-order valence-corrected chi connectivity index (χ0v) is 34.7. The first-order valence-corrected chi connectivity index (χ1v) is 18.0. The van der Waals surface area contributed by atoms with Gasteiger partial charge in [-0.3, -0.25) is 0 Å². The molecule has 0 amide bonds. The summed E-state index contributed by atoms with van der Waals surface area (Å²) in [7, 11) is 0. The molecule has 0 spiro atoms. The molecule has 0 radical (unpaired) electrons. The Labute approximate surface area is 319 Å². The molecule has 0 saturated carbocycles. The van der Waals surface area contributed by atoms with Crippen LogP contribution in [0, 0.1) is 19.9 Å². The summed E-state index contributed by atoms with van der Waals surface area (Å²) < 4.78 is 2.21. The summed E-state index contributed by atoms with van der Waals surface area (Å²) >= 11 is 1.46. The summed E-state index contributed by atoms with van der Waals surface area (Å²) in [5.41, 5.74) is 17.1. The van der Waals surface area contributed by atoms with Crippen LogP contribution in [0.3, 0.4) is 0 Å². The number of hydrogen-bond donors (Lipinski definition) is 0. The number of rotatable bonds is 2. The first-order valence-electron chi connectivity index (χ1n) is 16.6. The zero-order valence-electron chi connectivity index (χ0n) is 30.8.